The Morgan fingerprint density at radius 2 is 1.69 bits per heavy atom. The van der Waals surface area contributed by atoms with Gasteiger partial charge >= 0.3 is 6.03 Å². The first-order valence-corrected chi connectivity index (χ1v) is 9.76. The van der Waals surface area contributed by atoms with Gasteiger partial charge in [-0.3, -0.25) is 9.59 Å². The van der Waals surface area contributed by atoms with Crippen molar-refractivity contribution in [1.82, 2.24) is 10.6 Å². The fourth-order valence-corrected chi connectivity index (χ4v) is 2.75. The van der Waals surface area contributed by atoms with Crippen LogP contribution in [0.4, 0.5) is 16.2 Å². The van der Waals surface area contributed by atoms with Gasteiger partial charge in [0, 0.05) is 35.4 Å². The summed E-state index contributed by atoms with van der Waals surface area (Å²) in [5, 5.41) is 11.2. The van der Waals surface area contributed by atoms with Gasteiger partial charge in [-0.25, -0.2) is 4.79 Å². The minimum absolute atomic E-state index is 0.0123. The highest BCUT2D eigenvalue weighted by Gasteiger charge is 2.29. The molecule has 1 fully saturated rings. The minimum Gasteiger partial charge on any atom is -0.348 e. The van der Waals surface area contributed by atoms with Gasteiger partial charge in [-0.1, -0.05) is 18.2 Å². The maximum Gasteiger partial charge on any atom is 0.319 e. The fourth-order valence-electron chi connectivity index (χ4n) is 2.75. The van der Waals surface area contributed by atoms with E-state index < -0.39 is 0 Å². The third-order valence-corrected chi connectivity index (χ3v) is 4.43. The molecule has 0 saturated heterocycles. The van der Waals surface area contributed by atoms with E-state index in [4.69, 9.17) is 0 Å². The Hall–Kier alpha value is -3.35. The Morgan fingerprint density at radius 3 is 2.34 bits per heavy atom. The lowest BCUT2D eigenvalue weighted by atomic mass is 10.1. The van der Waals surface area contributed by atoms with E-state index in [2.05, 4.69) is 21.3 Å². The summed E-state index contributed by atoms with van der Waals surface area (Å²) >= 11 is 0. The zero-order valence-electron chi connectivity index (χ0n) is 16.6. The van der Waals surface area contributed by atoms with Crippen molar-refractivity contribution in [2.45, 2.75) is 39.3 Å². The van der Waals surface area contributed by atoms with Gasteiger partial charge in [-0.15, -0.1) is 0 Å². The van der Waals surface area contributed by atoms with E-state index in [0.717, 1.165) is 18.4 Å². The highest BCUT2D eigenvalue weighted by molar-refractivity contribution is 5.98. The van der Waals surface area contributed by atoms with Gasteiger partial charge in [0.15, 0.2) is 0 Å². The summed E-state index contributed by atoms with van der Waals surface area (Å²) in [6, 6.07) is 14.0. The molecule has 2 aromatic rings. The average Bonchev–Trinajstić information content (AvgIpc) is 3.52. The number of carbonyl (C=O) groups is 3. The van der Waals surface area contributed by atoms with Crippen molar-refractivity contribution in [2.24, 2.45) is 5.92 Å². The molecule has 3 rings (SSSR count). The van der Waals surface area contributed by atoms with Crippen molar-refractivity contribution in [3.05, 3.63) is 59.7 Å². The molecule has 0 atom stereocenters. The molecule has 2 aromatic carbocycles. The van der Waals surface area contributed by atoms with E-state index in [0.29, 0.717) is 23.5 Å². The number of carbonyl (C=O) groups excluding carboxylic acids is 3. The van der Waals surface area contributed by atoms with Crippen LogP contribution in [-0.4, -0.2) is 23.9 Å². The largest absolute Gasteiger partial charge is 0.348 e. The summed E-state index contributed by atoms with van der Waals surface area (Å²) in [6.07, 6.45) is 1.87. The second kappa shape index (κ2) is 9.23. The van der Waals surface area contributed by atoms with Crippen LogP contribution in [0.25, 0.3) is 0 Å². The van der Waals surface area contributed by atoms with Crippen LogP contribution in [0.15, 0.2) is 48.5 Å². The summed E-state index contributed by atoms with van der Waals surface area (Å²) in [5.41, 5.74) is 2.70. The number of urea groups is 1. The van der Waals surface area contributed by atoms with Gasteiger partial charge < -0.3 is 21.3 Å². The summed E-state index contributed by atoms with van der Waals surface area (Å²) < 4.78 is 0. The topological polar surface area (TPSA) is 99.3 Å². The molecule has 29 heavy (non-hydrogen) atoms. The molecule has 4 N–H and O–H groups in total. The summed E-state index contributed by atoms with van der Waals surface area (Å²) in [4.78, 5) is 36.0. The van der Waals surface area contributed by atoms with E-state index in [9.17, 15) is 14.4 Å². The third kappa shape index (κ3) is 6.34. The lowest BCUT2D eigenvalue weighted by molar-refractivity contribution is -0.117. The van der Waals surface area contributed by atoms with Crippen LogP contribution in [0.2, 0.25) is 0 Å². The average molecular weight is 394 g/mol. The first-order chi connectivity index (χ1) is 13.9. The maximum absolute atomic E-state index is 12.4. The zero-order valence-corrected chi connectivity index (χ0v) is 16.6. The second-order valence-corrected chi connectivity index (χ2v) is 7.48. The monoisotopic (exact) mass is 394 g/mol. The fraction of sp³-hybridized carbons (Fsp3) is 0.318. The molecule has 0 spiro atoms. The number of rotatable bonds is 7. The molecule has 0 aliphatic heterocycles. The molecular weight excluding hydrogens is 368 g/mol. The number of hydrogen-bond donors (Lipinski definition) is 4. The number of benzene rings is 2. The van der Waals surface area contributed by atoms with Crippen LogP contribution in [0.1, 0.15) is 42.6 Å². The van der Waals surface area contributed by atoms with Crippen molar-refractivity contribution < 1.29 is 14.4 Å². The van der Waals surface area contributed by atoms with Crippen molar-refractivity contribution in [3.63, 3.8) is 0 Å². The van der Waals surface area contributed by atoms with Gasteiger partial charge in [-0.05, 0) is 62.6 Å². The van der Waals surface area contributed by atoms with Gasteiger partial charge in [0.1, 0.15) is 0 Å². The normalized spacial score (nSPS) is 12.9. The van der Waals surface area contributed by atoms with Crippen LogP contribution < -0.4 is 21.3 Å². The summed E-state index contributed by atoms with van der Waals surface area (Å²) in [6.45, 7) is 4.14. The lowest BCUT2D eigenvalue weighted by Gasteiger charge is -2.11. The minimum atomic E-state index is -0.255. The molecule has 7 nitrogen and oxygen atoms in total. The molecular formula is C22H26N4O3. The number of anilines is 2. The van der Waals surface area contributed by atoms with Gasteiger partial charge in [0.05, 0.1) is 0 Å². The quantitative estimate of drug-likeness (QED) is 0.578. The summed E-state index contributed by atoms with van der Waals surface area (Å²) in [7, 11) is 0. The molecule has 4 amide bonds. The predicted octanol–water partition coefficient (Wildman–Crippen LogP) is 3.50. The molecule has 152 valence electrons. The highest BCUT2D eigenvalue weighted by atomic mass is 16.2. The van der Waals surface area contributed by atoms with E-state index in [1.165, 1.54) is 0 Å². The molecule has 1 saturated carbocycles. The third-order valence-electron chi connectivity index (χ3n) is 4.43. The van der Waals surface area contributed by atoms with Gasteiger partial charge in [-0.2, -0.15) is 0 Å². The molecule has 1 aliphatic carbocycles. The van der Waals surface area contributed by atoms with Crippen molar-refractivity contribution in [2.75, 3.05) is 10.6 Å². The smallest absolute Gasteiger partial charge is 0.319 e. The van der Waals surface area contributed by atoms with E-state index in [1.807, 2.05) is 26.0 Å². The molecule has 0 aromatic heterocycles. The number of amides is 4. The zero-order chi connectivity index (χ0) is 20.8. The Bertz CT molecular complexity index is 889. The van der Waals surface area contributed by atoms with Gasteiger partial charge in [0.2, 0.25) is 5.91 Å². The van der Waals surface area contributed by atoms with Crippen molar-refractivity contribution >= 4 is 29.2 Å². The summed E-state index contributed by atoms with van der Waals surface area (Å²) in [5.74, 6) is -0.0919. The molecule has 7 heteroatoms. The van der Waals surface area contributed by atoms with Gasteiger partial charge in [0.25, 0.3) is 5.91 Å². The number of nitrogens with one attached hydrogen (secondary N) is 4. The van der Waals surface area contributed by atoms with E-state index in [-0.39, 0.29) is 29.8 Å². The lowest BCUT2D eigenvalue weighted by Crippen LogP contribution is -2.34. The first-order valence-electron chi connectivity index (χ1n) is 9.76. The van der Waals surface area contributed by atoms with Crippen LogP contribution in [0.5, 0.6) is 0 Å². The van der Waals surface area contributed by atoms with Crippen LogP contribution in [0, 0.1) is 5.92 Å². The molecule has 0 heterocycles. The maximum atomic E-state index is 12.4. The van der Waals surface area contributed by atoms with Crippen molar-refractivity contribution in [3.8, 4) is 0 Å². The predicted molar refractivity (Wildman–Crippen MR) is 113 cm³/mol. The Labute approximate surface area is 170 Å². The van der Waals surface area contributed by atoms with Crippen LogP contribution >= 0.6 is 0 Å². The molecule has 0 radical (unpaired) electrons. The molecule has 0 bridgehead atoms. The molecule has 1 aliphatic rings. The van der Waals surface area contributed by atoms with Crippen LogP contribution in [0.3, 0.4) is 0 Å². The first kappa shape index (κ1) is 20.4. The Morgan fingerprint density at radius 1 is 0.966 bits per heavy atom. The standard InChI is InChI=1S/C22H26N4O3/c1-14(2)24-22(29)26-18-10-6-15(7-11-18)13-23-20(27)17-4-3-5-19(12-17)25-21(28)16-8-9-16/h3-7,10-12,14,16H,8-9,13H2,1-2H3,(H,23,27)(H,25,28)(H2,24,26,29). The Balaban J connectivity index is 1.51. The van der Waals surface area contributed by atoms with Crippen LogP contribution in [-0.2, 0) is 11.3 Å². The number of hydrogen-bond acceptors (Lipinski definition) is 3. The second-order valence-electron chi connectivity index (χ2n) is 7.48. The Kier molecular flexibility index (Phi) is 6.49. The van der Waals surface area contributed by atoms with Crippen molar-refractivity contribution in [1.29, 1.82) is 0 Å². The SMILES string of the molecule is CC(C)NC(=O)Nc1ccc(CNC(=O)c2cccc(NC(=O)C3CC3)c2)cc1. The highest BCUT2D eigenvalue weighted by Crippen LogP contribution is 2.30. The molecule has 0 unspecified atom stereocenters. The van der Waals surface area contributed by atoms with E-state index >= 15 is 0 Å². The van der Waals surface area contributed by atoms with E-state index in [1.54, 1.807) is 36.4 Å².